The van der Waals surface area contributed by atoms with Gasteiger partial charge >= 0.3 is 0 Å². The Morgan fingerprint density at radius 3 is 1.89 bits per heavy atom. The van der Waals surface area contributed by atoms with Crippen LogP contribution in [0.4, 0.5) is 0 Å². The SMILES string of the molecule is CC1(C)c2cc(-c3nc(-c4ccccc4)nc(-c4cccc5oc6ccccc6c45)n3)ccc2-c2c(-c3ccc4ccc5cccc6ccc3c4c56)cccc21. The largest absolute Gasteiger partial charge is 0.456 e. The van der Waals surface area contributed by atoms with Gasteiger partial charge in [0.2, 0.25) is 0 Å². The first-order chi connectivity index (χ1) is 27.5. The summed E-state index contributed by atoms with van der Waals surface area (Å²) in [5.74, 6) is 1.89. The van der Waals surface area contributed by atoms with E-state index in [1.807, 2.05) is 48.5 Å². The second-order valence-electron chi connectivity index (χ2n) is 15.5. The summed E-state index contributed by atoms with van der Waals surface area (Å²) >= 11 is 0. The standard InChI is InChI=1S/C52H33N3O/c1-52(2)41-18-9-16-36(35-26-23-32-22-21-30-13-8-14-31-24-27-37(35)46(32)45(30)31)47(41)38-28-25-34(29-42(38)52)50-53-49(33-11-4-3-5-12-33)54-51(55-50)40-17-10-20-44-48(40)39-15-6-7-19-43(39)56-44/h3-29H,1-2H3. The number of rotatable bonds is 4. The summed E-state index contributed by atoms with van der Waals surface area (Å²) in [4.78, 5) is 15.5. The third kappa shape index (κ3) is 4.38. The third-order valence-corrected chi connectivity index (χ3v) is 12.1. The number of aromatic nitrogens is 3. The Hall–Kier alpha value is -7.17. The molecule has 0 unspecified atom stereocenters. The number of para-hydroxylation sites is 1. The molecule has 2 aromatic heterocycles. The molecular formula is C52H33N3O. The first-order valence-electron chi connectivity index (χ1n) is 19.2. The molecule has 0 saturated carbocycles. The van der Waals surface area contributed by atoms with Crippen LogP contribution >= 0.6 is 0 Å². The molecular weight excluding hydrogens is 683 g/mol. The van der Waals surface area contributed by atoms with Crippen molar-refractivity contribution in [1.82, 2.24) is 15.0 Å². The lowest BCUT2D eigenvalue weighted by molar-refractivity contribution is 0.660. The molecule has 2 heterocycles. The lowest BCUT2D eigenvalue weighted by atomic mass is 9.81. The molecule has 56 heavy (non-hydrogen) atoms. The Balaban J connectivity index is 1.05. The number of benzene rings is 9. The summed E-state index contributed by atoms with van der Waals surface area (Å²) < 4.78 is 6.27. The van der Waals surface area contributed by atoms with E-state index in [4.69, 9.17) is 19.4 Å². The zero-order valence-corrected chi connectivity index (χ0v) is 30.8. The topological polar surface area (TPSA) is 51.8 Å². The number of hydrogen-bond donors (Lipinski definition) is 0. The first kappa shape index (κ1) is 31.2. The zero-order chi connectivity index (χ0) is 37.1. The second-order valence-corrected chi connectivity index (χ2v) is 15.5. The van der Waals surface area contributed by atoms with Crippen molar-refractivity contribution in [3.05, 3.63) is 175 Å². The zero-order valence-electron chi connectivity index (χ0n) is 30.8. The molecule has 12 rings (SSSR count). The number of furan rings is 1. The van der Waals surface area contributed by atoms with Gasteiger partial charge in [-0.1, -0.05) is 159 Å². The summed E-state index contributed by atoms with van der Waals surface area (Å²) in [5, 5.41) is 9.84. The molecule has 4 heteroatoms. The fourth-order valence-electron chi connectivity index (χ4n) is 9.42. The second kappa shape index (κ2) is 11.4. The molecule has 0 fully saturated rings. The van der Waals surface area contributed by atoms with Crippen LogP contribution in [-0.2, 0) is 5.41 Å². The van der Waals surface area contributed by atoms with Gasteiger partial charge in [0.15, 0.2) is 17.5 Å². The predicted octanol–water partition coefficient (Wildman–Crippen LogP) is 13.6. The minimum atomic E-state index is -0.250. The van der Waals surface area contributed by atoms with Crippen molar-refractivity contribution >= 4 is 54.3 Å². The lowest BCUT2D eigenvalue weighted by Gasteiger charge is -2.22. The summed E-state index contributed by atoms with van der Waals surface area (Å²) in [6.07, 6.45) is 0. The quantitative estimate of drug-likeness (QED) is 0.170. The van der Waals surface area contributed by atoms with Gasteiger partial charge in [-0.15, -0.1) is 0 Å². The van der Waals surface area contributed by atoms with Crippen LogP contribution in [0.1, 0.15) is 25.0 Å². The molecule has 0 bridgehead atoms. The molecule has 1 aliphatic carbocycles. The highest BCUT2D eigenvalue weighted by Gasteiger charge is 2.37. The van der Waals surface area contributed by atoms with Gasteiger partial charge in [0, 0.05) is 32.9 Å². The molecule has 0 radical (unpaired) electrons. The van der Waals surface area contributed by atoms with E-state index in [2.05, 4.69) is 129 Å². The Labute approximate surface area is 323 Å². The van der Waals surface area contributed by atoms with Crippen LogP contribution in [0.3, 0.4) is 0 Å². The van der Waals surface area contributed by atoms with E-state index in [0.29, 0.717) is 17.5 Å². The van der Waals surface area contributed by atoms with Crippen molar-refractivity contribution in [2.75, 3.05) is 0 Å². The van der Waals surface area contributed by atoms with Crippen LogP contribution in [-0.4, -0.2) is 15.0 Å². The minimum absolute atomic E-state index is 0.250. The van der Waals surface area contributed by atoms with Crippen LogP contribution in [0, 0.1) is 0 Å². The van der Waals surface area contributed by atoms with Crippen molar-refractivity contribution in [2.24, 2.45) is 0 Å². The number of nitrogens with zero attached hydrogens (tertiary/aromatic N) is 3. The molecule has 0 saturated heterocycles. The molecule has 262 valence electrons. The van der Waals surface area contributed by atoms with Gasteiger partial charge in [-0.25, -0.2) is 15.0 Å². The van der Waals surface area contributed by atoms with Gasteiger partial charge in [-0.05, 0) is 83.9 Å². The smallest absolute Gasteiger partial charge is 0.164 e. The molecule has 0 N–H and O–H groups in total. The highest BCUT2D eigenvalue weighted by atomic mass is 16.3. The number of fused-ring (bicyclic) bond motifs is 6. The average molecular weight is 716 g/mol. The van der Waals surface area contributed by atoms with Crippen LogP contribution in [0.5, 0.6) is 0 Å². The van der Waals surface area contributed by atoms with Gasteiger partial charge in [0.1, 0.15) is 11.2 Å². The molecule has 9 aromatic carbocycles. The van der Waals surface area contributed by atoms with E-state index in [9.17, 15) is 0 Å². The summed E-state index contributed by atoms with van der Waals surface area (Å²) in [6.45, 7) is 4.68. The highest BCUT2D eigenvalue weighted by Crippen LogP contribution is 2.54. The van der Waals surface area contributed by atoms with Crippen LogP contribution in [0.25, 0.3) is 111 Å². The number of hydrogen-bond acceptors (Lipinski definition) is 4. The molecule has 4 nitrogen and oxygen atoms in total. The third-order valence-electron chi connectivity index (χ3n) is 12.1. The van der Waals surface area contributed by atoms with E-state index in [1.165, 1.54) is 65.7 Å². The Morgan fingerprint density at radius 2 is 1.04 bits per heavy atom. The first-order valence-corrected chi connectivity index (χ1v) is 19.2. The molecule has 1 aliphatic rings. The van der Waals surface area contributed by atoms with E-state index >= 15 is 0 Å². The monoisotopic (exact) mass is 715 g/mol. The van der Waals surface area contributed by atoms with Gasteiger partial charge in [0.05, 0.1) is 0 Å². The van der Waals surface area contributed by atoms with E-state index < -0.39 is 0 Å². The summed E-state index contributed by atoms with van der Waals surface area (Å²) in [6, 6.07) is 58.4. The normalized spacial score (nSPS) is 13.3. The molecule has 0 atom stereocenters. The fourth-order valence-corrected chi connectivity index (χ4v) is 9.42. The maximum atomic E-state index is 6.27. The van der Waals surface area contributed by atoms with Crippen molar-refractivity contribution < 1.29 is 4.42 Å². The maximum Gasteiger partial charge on any atom is 0.164 e. The minimum Gasteiger partial charge on any atom is -0.456 e. The van der Waals surface area contributed by atoms with Gasteiger partial charge in [-0.2, -0.15) is 0 Å². The van der Waals surface area contributed by atoms with Crippen LogP contribution < -0.4 is 0 Å². The average Bonchev–Trinajstić information content (AvgIpc) is 3.75. The highest BCUT2D eigenvalue weighted by molar-refractivity contribution is 6.26. The predicted molar refractivity (Wildman–Crippen MR) is 230 cm³/mol. The summed E-state index contributed by atoms with van der Waals surface area (Å²) in [7, 11) is 0. The lowest BCUT2D eigenvalue weighted by Crippen LogP contribution is -2.15. The Bertz CT molecular complexity index is 3380. The van der Waals surface area contributed by atoms with Gasteiger partial charge in [0.25, 0.3) is 0 Å². The van der Waals surface area contributed by atoms with Gasteiger partial charge < -0.3 is 4.42 Å². The molecule has 0 amide bonds. The van der Waals surface area contributed by atoms with E-state index in [-0.39, 0.29) is 5.41 Å². The molecule has 0 aliphatic heterocycles. The Morgan fingerprint density at radius 1 is 0.393 bits per heavy atom. The van der Waals surface area contributed by atoms with Crippen molar-refractivity contribution in [1.29, 1.82) is 0 Å². The summed E-state index contributed by atoms with van der Waals surface area (Å²) in [5.41, 5.74) is 11.9. The van der Waals surface area contributed by atoms with Crippen molar-refractivity contribution in [2.45, 2.75) is 19.3 Å². The van der Waals surface area contributed by atoms with Crippen LogP contribution in [0.2, 0.25) is 0 Å². The van der Waals surface area contributed by atoms with E-state index in [0.717, 1.165) is 38.6 Å². The van der Waals surface area contributed by atoms with E-state index in [1.54, 1.807) is 0 Å². The Kier molecular flexibility index (Phi) is 6.37. The van der Waals surface area contributed by atoms with Gasteiger partial charge in [-0.3, -0.25) is 0 Å². The maximum absolute atomic E-state index is 6.27. The molecule has 0 spiro atoms. The van der Waals surface area contributed by atoms with Crippen molar-refractivity contribution in [3.8, 4) is 56.4 Å². The van der Waals surface area contributed by atoms with Crippen molar-refractivity contribution in [3.63, 3.8) is 0 Å². The molecule has 11 aromatic rings. The fraction of sp³-hybridized carbons (Fsp3) is 0.0577. The van der Waals surface area contributed by atoms with Crippen LogP contribution in [0.15, 0.2) is 168 Å².